The van der Waals surface area contributed by atoms with Gasteiger partial charge in [0.25, 0.3) is 5.91 Å². The number of aliphatic imine (C=N–C) groups is 1. The number of fused-ring (bicyclic) bond motifs is 1. The summed E-state index contributed by atoms with van der Waals surface area (Å²) in [5, 5.41) is 0.400. The zero-order valence-electron chi connectivity index (χ0n) is 11.7. The van der Waals surface area contributed by atoms with Gasteiger partial charge < -0.3 is 14.2 Å². The van der Waals surface area contributed by atoms with E-state index in [2.05, 4.69) is 9.98 Å². The molecule has 2 heterocycles. The average molecular weight is 295 g/mol. The number of ether oxygens (including phenoxy) is 1. The second kappa shape index (κ2) is 5.50. The Kier molecular flexibility index (Phi) is 3.94. The second-order valence-electron chi connectivity index (χ2n) is 4.49. The molecule has 0 aliphatic carbocycles. The SMILES string of the molecule is COc1nc2cc(C(=O)N=CN(C)C)n(C)c2cc1Cl. The molecule has 0 atom stereocenters. The summed E-state index contributed by atoms with van der Waals surface area (Å²) in [5.41, 5.74) is 1.83. The Balaban J connectivity index is 2.51. The van der Waals surface area contributed by atoms with Crippen molar-refractivity contribution in [1.29, 1.82) is 0 Å². The first kappa shape index (κ1) is 14.3. The van der Waals surface area contributed by atoms with E-state index in [1.807, 2.05) is 0 Å². The number of amides is 1. The number of pyridine rings is 1. The van der Waals surface area contributed by atoms with Crippen LogP contribution in [0.1, 0.15) is 10.5 Å². The lowest BCUT2D eigenvalue weighted by Crippen LogP contribution is -2.11. The lowest BCUT2D eigenvalue weighted by Gasteiger charge is -2.04. The second-order valence-corrected chi connectivity index (χ2v) is 4.89. The summed E-state index contributed by atoms with van der Waals surface area (Å²) in [6.45, 7) is 0. The summed E-state index contributed by atoms with van der Waals surface area (Å²) >= 11 is 6.04. The number of aromatic nitrogens is 2. The molecule has 7 heteroatoms. The van der Waals surface area contributed by atoms with Crippen LogP contribution in [0.15, 0.2) is 17.1 Å². The molecule has 1 amide bonds. The molecule has 6 nitrogen and oxygen atoms in total. The predicted octanol–water partition coefficient (Wildman–Crippen LogP) is 1.97. The Morgan fingerprint density at radius 1 is 1.50 bits per heavy atom. The van der Waals surface area contributed by atoms with E-state index in [0.29, 0.717) is 22.1 Å². The number of rotatable bonds is 3. The molecule has 0 fully saturated rings. The molecule has 0 spiro atoms. The summed E-state index contributed by atoms with van der Waals surface area (Å²) in [7, 11) is 6.86. The van der Waals surface area contributed by atoms with Crippen molar-refractivity contribution in [3.8, 4) is 5.88 Å². The number of aryl methyl sites for hydroxylation is 1. The number of hydrogen-bond acceptors (Lipinski definition) is 3. The maximum absolute atomic E-state index is 12.0. The Morgan fingerprint density at radius 3 is 2.80 bits per heavy atom. The highest BCUT2D eigenvalue weighted by atomic mass is 35.5. The van der Waals surface area contributed by atoms with Crippen LogP contribution in [0.3, 0.4) is 0 Å². The summed E-state index contributed by atoms with van der Waals surface area (Å²) in [5.74, 6) is -0.00477. The molecule has 0 aromatic carbocycles. The molecule has 0 aliphatic rings. The van der Waals surface area contributed by atoms with Gasteiger partial charge in [-0.1, -0.05) is 11.6 Å². The van der Waals surface area contributed by atoms with Gasteiger partial charge in [0.1, 0.15) is 10.7 Å². The van der Waals surface area contributed by atoms with Crippen LogP contribution in [0.5, 0.6) is 5.88 Å². The minimum atomic E-state index is -0.339. The Bertz CT molecular complexity index is 691. The van der Waals surface area contributed by atoms with Crippen LogP contribution in [0.25, 0.3) is 11.0 Å². The van der Waals surface area contributed by atoms with Crippen LogP contribution in [0.2, 0.25) is 5.02 Å². The van der Waals surface area contributed by atoms with E-state index in [1.165, 1.54) is 13.4 Å². The van der Waals surface area contributed by atoms with Crippen LogP contribution in [-0.4, -0.2) is 47.9 Å². The van der Waals surface area contributed by atoms with Gasteiger partial charge in [-0.25, -0.2) is 4.98 Å². The molecule has 2 rings (SSSR count). The van der Waals surface area contributed by atoms with Crippen molar-refractivity contribution >= 4 is 34.9 Å². The summed E-state index contributed by atoms with van der Waals surface area (Å²) in [6, 6.07) is 3.39. The van der Waals surface area contributed by atoms with Gasteiger partial charge in [-0.3, -0.25) is 4.79 Å². The highest BCUT2D eigenvalue weighted by Crippen LogP contribution is 2.28. The average Bonchev–Trinajstić information content (AvgIpc) is 2.72. The molecule has 0 bridgehead atoms. The fourth-order valence-corrected chi connectivity index (χ4v) is 2.01. The van der Waals surface area contributed by atoms with Crippen molar-refractivity contribution in [2.45, 2.75) is 0 Å². The minimum absolute atomic E-state index is 0.334. The number of hydrogen-bond donors (Lipinski definition) is 0. The molecule has 0 N–H and O–H groups in total. The normalized spacial score (nSPS) is 11.2. The highest BCUT2D eigenvalue weighted by molar-refractivity contribution is 6.32. The van der Waals surface area contributed by atoms with Gasteiger partial charge in [-0.15, -0.1) is 0 Å². The van der Waals surface area contributed by atoms with Crippen molar-refractivity contribution in [2.24, 2.45) is 12.0 Å². The van der Waals surface area contributed by atoms with Crippen LogP contribution in [0.4, 0.5) is 0 Å². The lowest BCUT2D eigenvalue weighted by atomic mass is 10.3. The van der Waals surface area contributed by atoms with Gasteiger partial charge in [0, 0.05) is 21.1 Å². The zero-order chi connectivity index (χ0) is 14.9. The number of halogens is 1. The third-order valence-electron chi connectivity index (χ3n) is 2.77. The quantitative estimate of drug-likeness (QED) is 0.641. The highest BCUT2D eigenvalue weighted by Gasteiger charge is 2.15. The summed E-state index contributed by atoms with van der Waals surface area (Å²) in [6.07, 6.45) is 1.46. The summed E-state index contributed by atoms with van der Waals surface area (Å²) < 4.78 is 6.78. The predicted molar refractivity (Wildman–Crippen MR) is 78.8 cm³/mol. The van der Waals surface area contributed by atoms with E-state index in [1.54, 1.807) is 42.7 Å². The molecular formula is C13H15ClN4O2. The third kappa shape index (κ3) is 2.60. The topological polar surface area (TPSA) is 59.7 Å². The first-order valence-corrected chi connectivity index (χ1v) is 6.26. The molecule has 0 aliphatic heterocycles. The minimum Gasteiger partial charge on any atom is -0.480 e. The zero-order valence-corrected chi connectivity index (χ0v) is 12.5. The maximum atomic E-state index is 12.0. The first-order valence-electron chi connectivity index (χ1n) is 5.89. The smallest absolute Gasteiger partial charge is 0.295 e. The van der Waals surface area contributed by atoms with Crippen molar-refractivity contribution in [1.82, 2.24) is 14.5 Å². The number of nitrogens with zero attached hydrogens (tertiary/aromatic N) is 4. The van der Waals surface area contributed by atoms with Crippen molar-refractivity contribution in [3.63, 3.8) is 0 Å². The fourth-order valence-electron chi connectivity index (χ4n) is 1.79. The molecule has 2 aromatic rings. The number of carbonyl (C=O) groups excluding carboxylic acids is 1. The monoisotopic (exact) mass is 294 g/mol. The largest absolute Gasteiger partial charge is 0.480 e. The van der Waals surface area contributed by atoms with Gasteiger partial charge in [0.2, 0.25) is 5.88 Å². The Morgan fingerprint density at radius 2 is 2.20 bits per heavy atom. The van der Waals surface area contributed by atoms with E-state index in [0.717, 1.165) is 5.52 Å². The molecule has 0 radical (unpaired) electrons. The Labute approximate surface area is 121 Å². The van der Waals surface area contributed by atoms with Gasteiger partial charge in [0.05, 0.1) is 24.5 Å². The fraction of sp³-hybridized carbons (Fsp3) is 0.308. The van der Waals surface area contributed by atoms with Gasteiger partial charge >= 0.3 is 0 Å². The van der Waals surface area contributed by atoms with Gasteiger partial charge in [-0.05, 0) is 12.1 Å². The number of methoxy groups -OCH3 is 1. The molecule has 20 heavy (non-hydrogen) atoms. The molecule has 0 saturated carbocycles. The number of carbonyl (C=O) groups is 1. The van der Waals surface area contributed by atoms with Gasteiger partial charge in [-0.2, -0.15) is 4.99 Å². The van der Waals surface area contributed by atoms with E-state index in [9.17, 15) is 4.79 Å². The van der Waals surface area contributed by atoms with Crippen molar-refractivity contribution < 1.29 is 9.53 Å². The van der Waals surface area contributed by atoms with E-state index in [-0.39, 0.29) is 5.91 Å². The van der Waals surface area contributed by atoms with E-state index in [4.69, 9.17) is 16.3 Å². The third-order valence-corrected chi connectivity index (χ3v) is 3.04. The lowest BCUT2D eigenvalue weighted by molar-refractivity contribution is 0.0995. The van der Waals surface area contributed by atoms with Crippen LogP contribution in [0, 0.1) is 0 Å². The maximum Gasteiger partial charge on any atom is 0.295 e. The summed E-state index contributed by atoms with van der Waals surface area (Å²) in [4.78, 5) is 21.9. The van der Waals surface area contributed by atoms with Crippen LogP contribution >= 0.6 is 11.6 Å². The van der Waals surface area contributed by atoms with Crippen molar-refractivity contribution in [2.75, 3.05) is 21.2 Å². The molecular weight excluding hydrogens is 280 g/mol. The van der Waals surface area contributed by atoms with Crippen LogP contribution in [-0.2, 0) is 7.05 Å². The van der Waals surface area contributed by atoms with E-state index >= 15 is 0 Å². The molecule has 106 valence electrons. The Hall–Kier alpha value is -2.08. The van der Waals surface area contributed by atoms with Gasteiger partial charge in [0.15, 0.2) is 0 Å². The molecule has 0 unspecified atom stereocenters. The van der Waals surface area contributed by atoms with E-state index < -0.39 is 0 Å². The molecule has 2 aromatic heterocycles. The molecule has 0 saturated heterocycles. The van der Waals surface area contributed by atoms with Crippen molar-refractivity contribution in [3.05, 3.63) is 22.8 Å². The standard InChI is InChI=1S/C13H15ClN4O2/c1-17(2)7-15-12(19)11-6-9-10(18(11)3)5-8(14)13(16-9)20-4/h5-7H,1-4H3. The first-order chi connectivity index (χ1) is 9.43. The van der Waals surface area contributed by atoms with Crippen LogP contribution < -0.4 is 4.74 Å².